The lowest BCUT2D eigenvalue weighted by Gasteiger charge is -2.27. The fourth-order valence-electron chi connectivity index (χ4n) is 3.75. The van der Waals surface area contributed by atoms with Gasteiger partial charge >= 0.3 is 0 Å². The first-order valence-corrected chi connectivity index (χ1v) is 9.09. The van der Waals surface area contributed by atoms with Crippen LogP contribution < -0.4 is 5.32 Å². The van der Waals surface area contributed by atoms with Crippen LogP contribution in [0.25, 0.3) is 10.8 Å². The average Bonchev–Trinajstić information content (AvgIpc) is 3.15. The van der Waals surface area contributed by atoms with Gasteiger partial charge in [-0.15, -0.1) is 0 Å². The summed E-state index contributed by atoms with van der Waals surface area (Å²) in [5, 5.41) is 5.08. The summed E-state index contributed by atoms with van der Waals surface area (Å²) in [4.78, 5) is 26.8. The van der Waals surface area contributed by atoms with E-state index in [1.807, 2.05) is 54.4 Å². The minimum atomic E-state index is -0.493. The number of amides is 2. The molecule has 3 rings (SSSR count). The number of likely N-dealkylation sites (N-methyl/N-ethyl adjacent to an activating group) is 1. The molecule has 2 amide bonds. The number of hydrogen-bond acceptors (Lipinski definition) is 2. The van der Waals surface area contributed by atoms with Crippen molar-refractivity contribution >= 4 is 22.6 Å². The molecule has 1 saturated carbocycles. The predicted molar refractivity (Wildman–Crippen MR) is 100 cm³/mol. The van der Waals surface area contributed by atoms with Gasteiger partial charge in [-0.05, 0) is 36.1 Å². The molecule has 4 nitrogen and oxygen atoms in total. The first kappa shape index (κ1) is 17.5. The summed E-state index contributed by atoms with van der Waals surface area (Å²) in [5.74, 6) is -0.116. The molecule has 2 aromatic rings. The van der Waals surface area contributed by atoms with E-state index >= 15 is 0 Å². The Balaban J connectivity index is 1.62. The molecule has 132 valence electrons. The molecule has 0 spiro atoms. The summed E-state index contributed by atoms with van der Waals surface area (Å²) in [7, 11) is 1.85. The van der Waals surface area contributed by atoms with Gasteiger partial charge in [-0.2, -0.15) is 0 Å². The van der Waals surface area contributed by atoms with Crippen LogP contribution in [0.2, 0.25) is 0 Å². The van der Waals surface area contributed by atoms with Crippen LogP contribution in [0.3, 0.4) is 0 Å². The lowest BCUT2D eigenvalue weighted by atomic mass is 10.0. The number of hydrogen-bond donors (Lipinski definition) is 1. The SMILES string of the molecule is CC(NC(=O)Cc1cccc2ccccc12)C(=O)N(C)C1CCCC1. The largest absolute Gasteiger partial charge is 0.344 e. The Bertz CT molecular complexity index is 760. The molecule has 2 aromatic carbocycles. The van der Waals surface area contributed by atoms with Gasteiger partial charge in [0, 0.05) is 13.1 Å². The number of rotatable bonds is 5. The second kappa shape index (κ2) is 7.68. The lowest BCUT2D eigenvalue weighted by molar-refractivity contribution is -0.136. The molecule has 4 heteroatoms. The highest BCUT2D eigenvalue weighted by atomic mass is 16.2. The number of nitrogens with one attached hydrogen (secondary N) is 1. The van der Waals surface area contributed by atoms with E-state index in [-0.39, 0.29) is 18.2 Å². The second-order valence-corrected chi connectivity index (χ2v) is 6.99. The smallest absolute Gasteiger partial charge is 0.244 e. The molecule has 1 unspecified atom stereocenters. The Labute approximate surface area is 149 Å². The second-order valence-electron chi connectivity index (χ2n) is 6.99. The Hall–Kier alpha value is -2.36. The standard InChI is InChI=1S/C21H26N2O2/c1-15(21(25)23(2)18-11-4-5-12-18)22-20(24)14-17-10-7-9-16-8-3-6-13-19(16)17/h3,6-10,13,15,18H,4-5,11-12,14H2,1-2H3,(H,22,24). The van der Waals surface area contributed by atoms with Crippen molar-refractivity contribution in [1.29, 1.82) is 0 Å². The van der Waals surface area contributed by atoms with E-state index in [9.17, 15) is 9.59 Å². The van der Waals surface area contributed by atoms with Crippen molar-refractivity contribution in [1.82, 2.24) is 10.2 Å². The van der Waals surface area contributed by atoms with Crippen LogP contribution in [0, 0.1) is 0 Å². The molecule has 0 aliphatic heterocycles. The van der Waals surface area contributed by atoms with Crippen molar-refractivity contribution in [3.8, 4) is 0 Å². The molecule has 1 fully saturated rings. The Morgan fingerprint density at radius 2 is 1.80 bits per heavy atom. The summed E-state index contributed by atoms with van der Waals surface area (Å²) >= 11 is 0. The average molecular weight is 338 g/mol. The zero-order valence-electron chi connectivity index (χ0n) is 15.0. The molecule has 1 atom stereocenters. The molecule has 1 aliphatic carbocycles. The minimum Gasteiger partial charge on any atom is -0.344 e. The molecule has 0 bridgehead atoms. The number of carbonyl (C=O) groups is 2. The molecule has 1 N–H and O–H groups in total. The predicted octanol–water partition coefficient (Wildman–Crippen LogP) is 3.29. The van der Waals surface area contributed by atoms with E-state index in [4.69, 9.17) is 0 Å². The highest BCUT2D eigenvalue weighted by Gasteiger charge is 2.27. The number of carbonyl (C=O) groups excluding carboxylic acids is 2. The van der Waals surface area contributed by atoms with Gasteiger partial charge in [0.25, 0.3) is 0 Å². The minimum absolute atomic E-state index is 0.00169. The summed E-state index contributed by atoms with van der Waals surface area (Å²) in [6.07, 6.45) is 4.79. The maximum atomic E-state index is 12.5. The Kier molecular flexibility index (Phi) is 5.37. The Morgan fingerprint density at radius 1 is 1.12 bits per heavy atom. The maximum Gasteiger partial charge on any atom is 0.244 e. The van der Waals surface area contributed by atoms with Crippen LogP contribution in [0.5, 0.6) is 0 Å². The van der Waals surface area contributed by atoms with Gasteiger partial charge in [0.15, 0.2) is 0 Å². The third-order valence-corrected chi connectivity index (χ3v) is 5.20. The summed E-state index contributed by atoms with van der Waals surface area (Å²) < 4.78 is 0. The number of benzene rings is 2. The maximum absolute atomic E-state index is 12.5. The normalized spacial score (nSPS) is 15.9. The van der Waals surface area contributed by atoms with Crippen molar-refractivity contribution < 1.29 is 9.59 Å². The molecule has 0 radical (unpaired) electrons. The highest BCUT2D eigenvalue weighted by Crippen LogP contribution is 2.23. The summed E-state index contributed by atoms with van der Waals surface area (Å²) in [5.41, 5.74) is 0.986. The lowest BCUT2D eigenvalue weighted by Crippen LogP contribution is -2.48. The first-order valence-electron chi connectivity index (χ1n) is 9.09. The molecular formula is C21H26N2O2. The fourth-order valence-corrected chi connectivity index (χ4v) is 3.75. The van der Waals surface area contributed by atoms with Gasteiger partial charge in [0.05, 0.1) is 6.42 Å². The monoisotopic (exact) mass is 338 g/mol. The Morgan fingerprint density at radius 3 is 2.56 bits per heavy atom. The first-order chi connectivity index (χ1) is 12.1. The fraction of sp³-hybridized carbons (Fsp3) is 0.429. The molecule has 1 aliphatic rings. The third-order valence-electron chi connectivity index (χ3n) is 5.20. The van der Waals surface area contributed by atoms with Crippen LogP contribution in [0.15, 0.2) is 42.5 Å². The van der Waals surface area contributed by atoms with E-state index < -0.39 is 6.04 Å². The van der Waals surface area contributed by atoms with Gasteiger partial charge in [0.2, 0.25) is 11.8 Å². The van der Waals surface area contributed by atoms with Crippen molar-refractivity contribution in [3.63, 3.8) is 0 Å². The third kappa shape index (κ3) is 4.01. The molecular weight excluding hydrogens is 312 g/mol. The van der Waals surface area contributed by atoms with Crippen molar-refractivity contribution in [3.05, 3.63) is 48.0 Å². The van der Waals surface area contributed by atoms with Crippen LogP contribution in [-0.4, -0.2) is 35.8 Å². The van der Waals surface area contributed by atoms with Crippen molar-refractivity contribution in [2.24, 2.45) is 0 Å². The number of fused-ring (bicyclic) bond motifs is 1. The highest BCUT2D eigenvalue weighted by molar-refractivity contribution is 5.92. The molecule has 0 saturated heterocycles. The zero-order chi connectivity index (χ0) is 17.8. The van der Waals surface area contributed by atoms with Gasteiger partial charge in [0.1, 0.15) is 6.04 Å². The van der Waals surface area contributed by atoms with E-state index in [2.05, 4.69) is 5.32 Å². The van der Waals surface area contributed by atoms with Gasteiger partial charge in [-0.25, -0.2) is 0 Å². The zero-order valence-corrected chi connectivity index (χ0v) is 15.0. The van der Waals surface area contributed by atoms with Gasteiger partial charge < -0.3 is 10.2 Å². The quantitative estimate of drug-likeness (QED) is 0.909. The van der Waals surface area contributed by atoms with Crippen LogP contribution in [0.1, 0.15) is 38.2 Å². The van der Waals surface area contributed by atoms with Crippen LogP contribution >= 0.6 is 0 Å². The molecule has 0 aromatic heterocycles. The van der Waals surface area contributed by atoms with E-state index in [1.54, 1.807) is 6.92 Å². The van der Waals surface area contributed by atoms with Crippen LogP contribution in [0.4, 0.5) is 0 Å². The van der Waals surface area contributed by atoms with E-state index in [0.717, 1.165) is 29.2 Å². The van der Waals surface area contributed by atoms with Crippen molar-refractivity contribution in [2.75, 3.05) is 7.05 Å². The van der Waals surface area contributed by atoms with E-state index in [0.29, 0.717) is 6.04 Å². The summed E-state index contributed by atoms with van der Waals surface area (Å²) in [6.45, 7) is 1.77. The summed E-state index contributed by atoms with van der Waals surface area (Å²) in [6, 6.07) is 13.8. The molecule has 0 heterocycles. The van der Waals surface area contributed by atoms with Gasteiger partial charge in [-0.1, -0.05) is 55.3 Å². The number of nitrogens with zero attached hydrogens (tertiary/aromatic N) is 1. The van der Waals surface area contributed by atoms with Gasteiger partial charge in [-0.3, -0.25) is 9.59 Å². The molecule has 25 heavy (non-hydrogen) atoms. The van der Waals surface area contributed by atoms with E-state index in [1.165, 1.54) is 12.8 Å². The topological polar surface area (TPSA) is 49.4 Å². The van der Waals surface area contributed by atoms with Crippen LogP contribution in [-0.2, 0) is 16.0 Å². The van der Waals surface area contributed by atoms with Crippen molar-refractivity contribution in [2.45, 2.75) is 51.1 Å².